The number of halogens is 1. The molecule has 10 heteroatoms. The largest absolute Gasteiger partial charge is 0.303 e. The number of aromatic nitrogens is 5. The van der Waals surface area contributed by atoms with E-state index >= 15 is 0 Å². The normalized spacial score (nSPS) is 15.7. The van der Waals surface area contributed by atoms with Crippen molar-refractivity contribution >= 4 is 32.7 Å². The highest BCUT2D eigenvalue weighted by atomic mass is 35.5. The summed E-state index contributed by atoms with van der Waals surface area (Å²) in [5.41, 5.74) is 2.87. The van der Waals surface area contributed by atoms with Crippen LogP contribution in [0.1, 0.15) is 44.8 Å². The molecule has 0 unspecified atom stereocenters. The van der Waals surface area contributed by atoms with E-state index in [2.05, 4.69) is 39.8 Å². The van der Waals surface area contributed by atoms with E-state index in [1.165, 1.54) is 3.97 Å². The van der Waals surface area contributed by atoms with Crippen LogP contribution in [0.4, 0.5) is 0 Å². The van der Waals surface area contributed by atoms with Gasteiger partial charge in [0.15, 0.2) is 10.8 Å². The minimum atomic E-state index is -3.88. The van der Waals surface area contributed by atoms with E-state index in [1.54, 1.807) is 42.6 Å². The molecule has 4 aromatic rings. The van der Waals surface area contributed by atoms with E-state index in [4.69, 9.17) is 16.7 Å². The van der Waals surface area contributed by atoms with Gasteiger partial charge in [0.2, 0.25) is 0 Å². The summed E-state index contributed by atoms with van der Waals surface area (Å²) in [6, 6.07) is 10.4. The molecule has 1 saturated heterocycles. The molecule has 1 fully saturated rings. The number of rotatable bonds is 7. The Balaban J connectivity index is 1.65. The van der Waals surface area contributed by atoms with Crippen LogP contribution >= 0.6 is 11.6 Å². The number of hydrogen-bond acceptors (Lipinski definition) is 6. The Kier molecular flexibility index (Phi) is 6.65. The number of piperidine rings is 1. The van der Waals surface area contributed by atoms with Crippen LogP contribution in [0.3, 0.4) is 0 Å². The molecule has 0 N–H and O–H groups in total. The fraction of sp³-hybridized carbons (Fsp3) is 0.400. The zero-order valence-corrected chi connectivity index (χ0v) is 21.5. The van der Waals surface area contributed by atoms with Crippen LogP contribution < -0.4 is 0 Å². The van der Waals surface area contributed by atoms with Crippen molar-refractivity contribution in [2.75, 3.05) is 19.6 Å². The second kappa shape index (κ2) is 9.72. The van der Waals surface area contributed by atoms with Crippen molar-refractivity contribution in [3.8, 4) is 11.1 Å². The molecule has 8 nitrogen and oxygen atoms in total. The van der Waals surface area contributed by atoms with Crippen molar-refractivity contribution in [1.82, 2.24) is 28.9 Å². The van der Waals surface area contributed by atoms with Crippen LogP contribution in [0.2, 0.25) is 5.15 Å². The summed E-state index contributed by atoms with van der Waals surface area (Å²) in [4.78, 5) is 2.64. The molecule has 0 amide bonds. The lowest BCUT2D eigenvalue weighted by atomic mass is 10.0. The van der Waals surface area contributed by atoms with E-state index in [1.807, 2.05) is 0 Å². The molecule has 184 valence electrons. The Morgan fingerprint density at radius 2 is 1.77 bits per heavy atom. The van der Waals surface area contributed by atoms with Gasteiger partial charge < -0.3 is 4.90 Å². The Bertz CT molecular complexity index is 1440. The van der Waals surface area contributed by atoms with E-state index in [0.717, 1.165) is 62.1 Å². The van der Waals surface area contributed by atoms with Crippen molar-refractivity contribution in [3.63, 3.8) is 0 Å². The molecule has 1 aliphatic heterocycles. The van der Waals surface area contributed by atoms with Gasteiger partial charge in [0.25, 0.3) is 10.0 Å². The number of benzene rings is 1. The molecule has 0 bridgehead atoms. The van der Waals surface area contributed by atoms with Crippen LogP contribution in [0.5, 0.6) is 0 Å². The maximum Gasteiger partial charge on any atom is 0.269 e. The molecule has 4 heterocycles. The summed E-state index contributed by atoms with van der Waals surface area (Å²) in [7, 11) is -3.88. The standard InChI is InChI=1S/C25H29ClN6O2S/c1-3-8-23-22(16-31(29-23)18-11-13-30(4-2)14-12-18)21-17-32(25-20(21)15-24(26)27-28-25)35(33,34)19-9-6-5-7-10-19/h5-7,9-10,15-18H,3-4,8,11-14H2,1-2H3. The highest BCUT2D eigenvalue weighted by Gasteiger charge is 2.27. The molecular formula is C25H29ClN6O2S. The predicted octanol–water partition coefficient (Wildman–Crippen LogP) is 4.79. The minimum Gasteiger partial charge on any atom is -0.303 e. The topological polar surface area (TPSA) is 85.9 Å². The van der Waals surface area contributed by atoms with Crippen LogP contribution in [0.15, 0.2) is 53.7 Å². The zero-order chi connectivity index (χ0) is 24.6. The van der Waals surface area contributed by atoms with E-state index in [-0.39, 0.29) is 15.7 Å². The lowest BCUT2D eigenvalue weighted by Crippen LogP contribution is -2.34. The third-order valence-corrected chi connectivity index (χ3v) is 8.60. The third kappa shape index (κ3) is 4.48. The monoisotopic (exact) mass is 512 g/mol. The first kappa shape index (κ1) is 24.0. The van der Waals surface area contributed by atoms with E-state index in [0.29, 0.717) is 11.4 Å². The lowest BCUT2D eigenvalue weighted by Gasteiger charge is -2.31. The fourth-order valence-corrected chi connectivity index (χ4v) is 6.32. The summed E-state index contributed by atoms with van der Waals surface area (Å²) in [5, 5.41) is 14.0. The second-order valence-electron chi connectivity index (χ2n) is 8.95. The van der Waals surface area contributed by atoms with Gasteiger partial charge in [0.05, 0.1) is 16.6 Å². The highest BCUT2D eigenvalue weighted by molar-refractivity contribution is 7.90. The van der Waals surface area contributed by atoms with Gasteiger partial charge in [-0.05, 0) is 44.0 Å². The minimum absolute atomic E-state index is 0.187. The number of fused-ring (bicyclic) bond motifs is 1. The van der Waals surface area contributed by atoms with Crippen LogP contribution in [-0.4, -0.2) is 56.9 Å². The Labute approximate surface area is 210 Å². The molecule has 0 aliphatic carbocycles. The number of nitrogens with zero attached hydrogens (tertiary/aromatic N) is 6. The van der Waals surface area contributed by atoms with Crippen LogP contribution in [-0.2, 0) is 16.4 Å². The van der Waals surface area contributed by atoms with Crippen molar-refractivity contribution in [1.29, 1.82) is 0 Å². The average molecular weight is 513 g/mol. The average Bonchev–Trinajstić information content (AvgIpc) is 3.46. The smallest absolute Gasteiger partial charge is 0.269 e. The molecule has 0 spiro atoms. The fourth-order valence-electron chi connectivity index (χ4n) is 4.84. The molecule has 3 aromatic heterocycles. The van der Waals surface area contributed by atoms with Gasteiger partial charge in [-0.3, -0.25) is 4.68 Å². The van der Waals surface area contributed by atoms with Crippen LogP contribution in [0.25, 0.3) is 22.2 Å². The maximum absolute atomic E-state index is 13.5. The SMILES string of the molecule is CCCc1nn(C2CCN(CC)CC2)cc1-c1cn(S(=O)(=O)c2ccccc2)c2nnc(Cl)cc12. The molecule has 1 aliphatic rings. The van der Waals surface area contributed by atoms with Crippen LogP contribution in [0, 0.1) is 0 Å². The molecule has 5 rings (SSSR count). The summed E-state index contributed by atoms with van der Waals surface area (Å²) in [6.07, 6.45) is 7.52. The summed E-state index contributed by atoms with van der Waals surface area (Å²) in [6.45, 7) is 7.49. The van der Waals surface area contributed by atoms with E-state index in [9.17, 15) is 8.42 Å². The first-order valence-corrected chi connectivity index (χ1v) is 13.9. The second-order valence-corrected chi connectivity index (χ2v) is 11.1. The Morgan fingerprint density at radius 3 is 2.46 bits per heavy atom. The van der Waals surface area contributed by atoms with Crippen molar-refractivity contribution < 1.29 is 8.42 Å². The first-order valence-electron chi connectivity index (χ1n) is 12.1. The molecule has 0 radical (unpaired) electrons. The first-order chi connectivity index (χ1) is 16.9. The molecular weight excluding hydrogens is 484 g/mol. The summed E-state index contributed by atoms with van der Waals surface area (Å²) < 4.78 is 30.4. The number of likely N-dealkylation sites (tertiary alicyclic amines) is 1. The van der Waals surface area contributed by atoms with Gasteiger partial charge >= 0.3 is 0 Å². The van der Waals surface area contributed by atoms with Gasteiger partial charge in [-0.2, -0.15) is 5.10 Å². The Hall–Kier alpha value is -2.75. The van der Waals surface area contributed by atoms with Crippen molar-refractivity contribution in [3.05, 3.63) is 59.6 Å². The lowest BCUT2D eigenvalue weighted by molar-refractivity contribution is 0.187. The van der Waals surface area contributed by atoms with Gasteiger partial charge in [-0.1, -0.05) is 50.1 Å². The Morgan fingerprint density at radius 1 is 1.03 bits per heavy atom. The molecule has 0 atom stereocenters. The number of hydrogen-bond donors (Lipinski definition) is 0. The number of aryl methyl sites for hydroxylation is 1. The maximum atomic E-state index is 13.5. The van der Waals surface area contributed by atoms with Gasteiger partial charge in [-0.25, -0.2) is 12.4 Å². The molecule has 35 heavy (non-hydrogen) atoms. The summed E-state index contributed by atoms with van der Waals surface area (Å²) >= 11 is 6.22. The van der Waals surface area contributed by atoms with Gasteiger partial charge in [0.1, 0.15) is 0 Å². The quantitative estimate of drug-likeness (QED) is 0.354. The van der Waals surface area contributed by atoms with Crippen molar-refractivity contribution in [2.24, 2.45) is 0 Å². The van der Waals surface area contributed by atoms with Crippen molar-refractivity contribution in [2.45, 2.75) is 50.5 Å². The molecule has 1 aromatic carbocycles. The van der Waals surface area contributed by atoms with E-state index < -0.39 is 10.0 Å². The molecule has 0 saturated carbocycles. The summed E-state index contributed by atoms with van der Waals surface area (Å²) in [5.74, 6) is 0. The highest BCUT2D eigenvalue weighted by Crippen LogP contribution is 2.36. The predicted molar refractivity (Wildman–Crippen MR) is 137 cm³/mol. The third-order valence-electron chi connectivity index (χ3n) is 6.75. The van der Waals surface area contributed by atoms with Gasteiger partial charge in [-0.15, -0.1) is 10.2 Å². The zero-order valence-electron chi connectivity index (χ0n) is 19.9. The van der Waals surface area contributed by atoms with Gasteiger partial charge in [0, 0.05) is 42.0 Å².